The summed E-state index contributed by atoms with van der Waals surface area (Å²) < 4.78 is 27.3. The molecule has 1 aliphatic heterocycles. The summed E-state index contributed by atoms with van der Waals surface area (Å²) in [5, 5.41) is 10.9. The topological polar surface area (TPSA) is 104 Å². The minimum atomic E-state index is -3.74. The Morgan fingerprint density at radius 3 is 2.62 bits per heavy atom. The maximum atomic E-state index is 12.4. The number of carboxylic acid groups (broad SMARTS) is 1. The second kappa shape index (κ2) is 7.43. The van der Waals surface area contributed by atoms with E-state index >= 15 is 0 Å². The molecule has 2 N–H and O–H groups in total. The van der Waals surface area contributed by atoms with Crippen molar-refractivity contribution in [2.45, 2.75) is 30.2 Å². The third kappa shape index (κ3) is 3.86. The van der Waals surface area contributed by atoms with Gasteiger partial charge in [0, 0.05) is 19.5 Å². The lowest BCUT2D eigenvalue weighted by molar-refractivity contribution is -0.148. The van der Waals surface area contributed by atoms with Crippen molar-refractivity contribution in [2.24, 2.45) is 0 Å². The van der Waals surface area contributed by atoms with Gasteiger partial charge >= 0.3 is 5.97 Å². The number of hydrogen-bond acceptors (Lipinski definition) is 4. The van der Waals surface area contributed by atoms with E-state index in [-0.39, 0.29) is 23.8 Å². The number of amides is 1. The molecular weight excluding hydrogens is 356 g/mol. The van der Waals surface area contributed by atoms with E-state index in [4.69, 9.17) is 5.11 Å². The third-order valence-corrected chi connectivity index (χ3v) is 5.98. The van der Waals surface area contributed by atoms with E-state index in [9.17, 15) is 18.0 Å². The van der Waals surface area contributed by atoms with E-state index in [1.807, 2.05) is 24.3 Å². The highest BCUT2D eigenvalue weighted by Gasteiger charge is 2.33. The van der Waals surface area contributed by atoms with Crippen molar-refractivity contribution in [3.05, 3.63) is 42.5 Å². The first-order valence-corrected chi connectivity index (χ1v) is 9.87. The SMILES string of the molecule is O=C(O)[C@@H]1CCCN1C(=O)CCNS(=O)(=O)c1ccc2ccccc2c1. The van der Waals surface area contributed by atoms with Crippen molar-refractivity contribution < 1.29 is 23.1 Å². The van der Waals surface area contributed by atoms with Gasteiger partial charge in [-0.05, 0) is 35.7 Å². The van der Waals surface area contributed by atoms with Crippen LogP contribution in [0, 0.1) is 0 Å². The average molecular weight is 376 g/mol. The van der Waals surface area contributed by atoms with Crippen LogP contribution in [-0.2, 0) is 19.6 Å². The highest BCUT2D eigenvalue weighted by atomic mass is 32.2. The van der Waals surface area contributed by atoms with Crippen molar-refractivity contribution in [1.82, 2.24) is 9.62 Å². The fourth-order valence-electron chi connectivity index (χ4n) is 3.18. The molecule has 7 nitrogen and oxygen atoms in total. The van der Waals surface area contributed by atoms with Gasteiger partial charge in [-0.3, -0.25) is 4.79 Å². The summed E-state index contributed by atoms with van der Waals surface area (Å²) in [5.41, 5.74) is 0. The normalized spacial score (nSPS) is 17.5. The van der Waals surface area contributed by atoms with Crippen molar-refractivity contribution in [3.63, 3.8) is 0 Å². The van der Waals surface area contributed by atoms with Gasteiger partial charge in [0.05, 0.1) is 4.90 Å². The summed E-state index contributed by atoms with van der Waals surface area (Å²) in [7, 11) is -3.74. The van der Waals surface area contributed by atoms with E-state index in [2.05, 4.69) is 4.72 Å². The van der Waals surface area contributed by atoms with Crippen LogP contribution in [0.5, 0.6) is 0 Å². The monoisotopic (exact) mass is 376 g/mol. The molecule has 0 unspecified atom stereocenters. The van der Waals surface area contributed by atoms with E-state index < -0.39 is 22.0 Å². The zero-order valence-electron chi connectivity index (χ0n) is 14.1. The molecule has 0 bridgehead atoms. The molecule has 1 fully saturated rings. The quantitative estimate of drug-likeness (QED) is 0.797. The van der Waals surface area contributed by atoms with Crippen LogP contribution >= 0.6 is 0 Å². The first-order chi connectivity index (χ1) is 12.4. The summed E-state index contributed by atoms with van der Waals surface area (Å²) in [6.07, 6.45) is 1.01. The number of nitrogens with zero attached hydrogens (tertiary/aromatic N) is 1. The van der Waals surface area contributed by atoms with E-state index in [0.717, 1.165) is 10.8 Å². The molecular formula is C18H20N2O5S. The Labute approximate surface area is 151 Å². The second-order valence-electron chi connectivity index (χ2n) is 6.24. The Balaban J connectivity index is 1.62. The van der Waals surface area contributed by atoms with E-state index in [0.29, 0.717) is 19.4 Å². The summed E-state index contributed by atoms with van der Waals surface area (Å²) >= 11 is 0. The molecule has 0 aromatic heterocycles. The summed E-state index contributed by atoms with van der Waals surface area (Å²) in [6, 6.07) is 11.5. The van der Waals surface area contributed by atoms with Gasteiger partial charge in [-0.2, -0.15) is 0 Å². The highest BCUT2D eigenvalue weighted by molar-refractivity contribution is 7.89. The number of fused-ring (bicyclic) bond motifs is 1. The number of nitrogens with one attached hydrogen (secondary N) is 1. The van der Waals surface area contributed by atoms with Crippen LogP contribution < -0.4 is 4.72 Å². The Hall–Kier alpha value is -2.45. The molecule has 1 aliphatic rings. The Bertz CT molecular complexity index is 942. The molecule has 3 rings (SSSR count). The second-order valence-corrected chi connectivity index (χ2v) is 8.01. The largest absolute Gasteiger partial charge is 0.480 e. The van der Waals surface area contributed by atoms with E-state index in [1.54, 1.807) is 12.1 Å². The van der Waals surface area contributed by atoms with Crippen molar-refractivity contribution >= 4 is 32.7 Å². The predicted molar refractivity (Wildman–Crippen MR) is 96.1 cm³/mol. The van der Waals surface area contributed by atoms with E-state index in [1.165, 1.54) is 11.0 Å². The standard InChI is InChI=1S/C18H20N2O5S/c21-17(20-11-3-6-16(20)18(22)23)9-10-19-26(24,25)15-8-7-13-4-1-2-5-14(13)12-15/h1-2,4-5,7-8,12,16,19H,3,6,9-11H2,(H,22,23)/t16-/m0/s1. The minimum absolute atomic E-state index is 0.0726. The van der Waals surface area contributed by atoms with Gasteiger partial charge < -0.3 is 10.0 Å². The van der Waals surface area contributed by atoms with Gasteiger partial charge in [0.25, 0.3) is 0 Å². The molecule has 8 heteroatoms. The third-order valence-electron chi connectivity index (χ3n) is 4.52. The molecule has 0 aliphatic carbocycles. The van der Waals surface area contributed by atoms with Gasteiger partial charge in [-0.15, -0.1) is 0 Å². The van der Waals surface area contributed by atoms with Crippen molar-refractivity contribution in [1.29, 1.82) is 0 Å². The molecule has 0 spiro atoms. The average Bonchev–Trinajstić information content (AvgIpc) is 3.11. The maximum Gasteiger partial charge on any atom is 0.326 e. The van der Waals surface area contributed by atoms with Crippen molar-refractivity contribution in [3.8, 4) is 0 Å². The fourth-order valence-corrected chi connectivity index (χ4v) is 4.24. The summed E-state index contributed by atoms with van der Waals surface area (Å²) in [4.78, 5) is 24.8. The molecule has 2 aromatic rings. The molecule has 138 valence electrons. The van der Waals surface area contributed by atoms with Gasteiger partial charge in [-0.1, -0.05) is 30.3 Å². The lowest BCUT2D eigenvalue weighted by atomic mass is 10.1. The van der Waals surface area contributed by atoms with Gasteiger partial charge in [0.2, 0.25) is 15.9 Å². The zero-order valence-corrected chi connectivity index (χ0v) is 14.9. The van der Waals surface area contributed by atoms with Gasteiger partial charge in [0.1, 0.15) is 6.04 Å². The number of sulfonamides is 1. The molecule has 1 amide bonds. The predicted octanol–water partition coefficient (Wildman–Crippen LogP) is 1.58. The first kappa shape index (κ1) is 18.3. The number of carboxylic acids is 1. The lowest BCUT2D eigenvalue weighted by Crippen LogP contribution is -2.41. The maximum absolute atomic E-state index is 12.4. The number of rotatable bonds is 6. The Morgan fingerprint density at radius 1 is 1.15 bits per heavy atom. The van der Waals surface area contributed by atoms with Crippen LogP contribution in [0.2, 0.25) is 0 Å². The molecule has 26 heavy (non-hydrogen) atoms. The first-order valence-electron chi connectivity index (χ1n) is 8.39. The molecule has 1 atom stereocenters. The van der Waals surface area contributed by atoms with Gasteiger partial charge in [0.15, 0.2) is 0 Å². The van der Waals surface area contributed by atoms with Crippen LogP contribution in [0.4, 0.5) is 0 Å². The molecule has 2 aromatic carbocycles. The van der Waals surface area contributed by atoms with Crippen LogP contribution in [0.1, 0.15) is 19.3 Å². The molecule has 0 radical (unpaired) electrons. The smallest absolute Gasteiger partial charge is 0.326 e. The highest BCUT2D eigenvalue weighted by Crippen LogP contribution is 2.20. The summed E-state index contributed by atoms with van der Waals surface area (Å²) in [6.45, 7) is 0.323. The van der Waals surface area contributed by atoms with Crippen LogP contribution in [0.15, 0.2) is 47.4 Å². The number of carbonyl (C=O) groups excluding carboxylic acids is 1. The Kier molecular flexibility index (Phi) is 5.24. The van der Waals surface area contributed by atoms with Crippen molar-refractivity contribution in [2.75, 3.05) is 13.1 Å². The zero-order chi connectivity index (χ0) is 18.7. The summed E-state index contributed by atoms with van der Waals surface area (Å²) in [5.74, 6) is -1.37. The van der Waals surface area contributed by atoms with Crippen LogP contribution in [0.25, 0.3) is 10.8 Å². The number of carbonyl (C=O) groups is 2. The number of hydrogen-bond donors (Lipinski definition) is 2. The molecule has 1 saturated heterocycles. The van der Waals surface area contributed by atoms with Crippen LogP contribution in [-0.4, -0.2) is 49.4 Å². The fraction of sp³-hybridized carbons (Fsp3) is 0.333. The number of aliphatic carboxylic acids is 1. The number of likely N-dealkylation sites (tertiary alicyclic amines) is 1. The molecule has 1 heterocycles. The Morgan fingerprint density at radius 2 is 1.88 bits per heavy atom. The number of benzene rings is 2. The lowest BCUT2D eigenvalue weighted by Gasteiger charge is -2.21. The minimum Gasteiger partial charge on any atom is -0.480 e. The van der Waals surface area contributed by atoms with Gasteiger partial charge in [-0.25, -0.2) is 17.9 Å². The van der Waals surface area contributed by atoms with Crippen LogP contribution in [0.3, 0.4) is 0 Å². The molecule has 0 saturated carbocycles.